The number of carbonyl (C=O) groups is 1. The number of hydrogen-bond acceptors (Lipinski definition) is 5. The molecule has 0 amide bonds. The van der Waals surface area contributed by atoms with Crippen LogP contribution in [0.1, 0.15) is 19.8 Å². The Labute approximate surface area is 77.1 Å². The van der Waals surface area contributed by atoms with Crippen molar-refractivity contribution < 1.29 is 19.3 Å². The van der Waals surface area contributed by atoms with Crippen molar-refractivity contribution in [2.75, 3.05) is 13.2 Å². The predicted octanol–water partition coefficient (Wildman–Crippen LogP) is -0.0126. The molecule has 76 valence electrons. The van der Waals surface area contributed by atoms with Gasteiger partial charge in [-0.3, -0.25) is 4.89 Å². The fraction of sp³-hybridized carbons (Fsp3) is 0.875. The summed E-state index contributed by atoms with van der Waals surface area (Å²) in [6.07, 6.45) is 1.47. The minimum absolute atomic E-state index is 0.0450. The van der Waals surface area contributed by atoms with Gasteiger partial charge in [-0.25, -0.2) is 4.79 Å². The largest absolute Gasteiger partial charge is 0.381 e. The summed E-state index contributed by atoms with van der Waals surface area (Å²) in [6, 6.07) is -0.639. The minimum atomic E-state index is -0.639. The molecule has 0 spiro atoms. The van der Waals surface area contributed by atoms with Gasteiger partial charge in [-0.05, 0) is 6.92 Å². The first-order valence-electron chi connectivity index (χ1n) is 4.40. The Morgan fingerprint density at radius 2 is 2.15 bits per heavy atom. The van der Waals surface area contributed by atoms with Gasteiger partial charge < -0.3 is 10.5 Å². The van der Waals surface area contributed by atoms with E-state index in [1.54, 1.807) is 6.92 Å². The molecule has 2 N–H and O–H groups in total. The third-order valence-electron chi connectivity index (χ3n) is 1.81. The molecule has 1 aliphatic rings. The monoisotopic (exact) mass is 189 g/mol. The van der Waals surface area contributed by atoms with Crippen LogP contribution in [0.4, 0.5) is 0 Å². The summed E-state index contributed by atoms with van der Waals surface area (Å²) < 4.78 is 5.11. The van der Waals surface area contributed by atoms with Crippen molar-refractivity contribution in [3.05, 3.63) is 0 Å². The van der Waals surface area contributed by atoms with Crippen molar-refractivity contribution >= 4 is 5.97 Å². The van der Waals surface area contributed by atoms with Crippen LogP contribution in [0.5, 0.6) is 0 Å². The normalized spacial score (nSPS) is 21.1. The Morgan fingerprint density at radius 1 is 1.54 bits per heavy atom. The van der Waals surface area contributed by atoms with Crippen molar-refractivity contribution in [2.24, 2.45) is 5.73 Å². The lowest BCUT2D eigenvalue weighted by Gasteiger charge is -2.20. The molecule has 13 heavy (non-hydrogen) atoms. The third-order valence-corrected chi connectivity index (χ3v) is 1.81. The van der Waals surface area contributed by atoms with Crippen molar-refractivity contribution in [1.82, 2.24) is 0 Å². The molecule has 1 rings (SSSR count). The molecule has 1 atom stereocenters. The molecule has 1 heterocycles. The van der Waals surface area contributed by atoms with Gasteiger partial charge in [-0.15, -0.1) is 0 Å². The molecule has 1 aliphatic heterocycles. The summed E-state index contributed by atoms with van der Waals surface area (Å²) >= 11 is 0. The Morgan fingerprint density at radius 3 is 2.69 bits per heavy atom. The van der Waals surface area contributed by atoms with Crippen molar-refractivity contribution in [2.45, 2.75) is 31.9 Å². The molecule has 0 unspecified atom stereocenters. The van der Waals surface area contributed by atoms with Gasteiger partial charge >= 0.3 is 5.97 Å². The molecule has 5 heteroatoms. The van der Waals surface area contributed by atoms with Gasteiger partial charge in [0.15, 0.2) is 0 Å². The lowest BCUT2D eigenvalue weighted by atomic mass is 10.2. The highest BCUT2D eigenvalue weighted by molar-refractivity contribution is 5.74. The highest BCUT2D eigenvalue weighted by Gasteiger charge is 2.18. The van der Waals surface area contributed by atoms with E-state index in [4.69, 9.17) is 15.4 Å². The molecule has 0 aliphatic carbocycles. The van der Waals surface area contributed by atoms with E-state index in [1.807, 2.05) is 0 Å². The third kappa shape index (κ3) is 3.71. The Balaban J connectivity index is 2.13. The first kappa shape index (κ1) is 10.4. The second-order valence-corrected chi connectivity index (χ2v) is 3.10. The van der Waals surface area contributed by atoms with Crippen LogP contribution < -0.4 is 5.73 Å². The SMILES string of the molecule is C[C@H](N)C(=O)OOC1CCOCC1. The fourth-order valence-electron chi connectivity index (χ4n) is 0.964. The van der Waals surface area contributed by atoms with Crippen LogP contribution in [-0.2, 0) is 19.3 Å². The first-order valence-corrected chi connectivity index (χ1v) is 4.40. The Kier molecular flexibility index (Phi) is 4.14. The molecular weight excluding hydrogens is 174 g/mol. The number of ether oxygens (including phenoxy) is 1. The van der Waals surface area contributed by atoms with Gasteiger partial charge in [-0.1, -0.05) is 0 Å². The van der Waals surface area contributed by atoms with E-state index in [9.17, 15) is 4.79 Å². The molecule has 0 bridgehead atoms. The maximum absolute atomic E-state index is 10.9. The molecule has 0 aromatic rings. The van der Waals surface area contributed by atoms with E-state index in [2.05, 4.69) is 4.89 Å². The van der Waals surface area contributed by atoms with Crippen LogP contribution >= 0.6 is 0 Å². The highest BCUT2D eigenvalue weighted by atomic mass is 17.2. The van der Waals surface area contributed by atoms with E-state index in [0.717, 1.165) is 12.8 Å². The smallest absolute Gasteiger partial charge is 0.358 e. The van der Waals surface area contributed by atoms with Gasteiger partial charge in [0.05, 0.1) is 0 Å². The molecule has 1 fully saturated rings. The summed E-state index contributed by atoms with van der Waals surface area (Å²) in [5.41, 5.74) is 5.27. The molecule has 0 aromatic carbocycles. The number of hydrogen-bond donors (Lipinski definition) is 1. The summed E-state index contributed by atoms with van der Waals surface area (Å²) in [5, 5.41) is 0. The van der Waals surface area contributed by atoms with Gasteiger partial charge in [0.1, 0.15) is 12.1 Å². The lowest BCUT2D eigenvalue weighted by Crippen LogP contribution is -2.31. The summed E-state index contributed by atoms with van der Waals surface area (Å²) in [6.45, 7) is 2.86. The number of rotatable bonds is 3. The number of carbonyl (C=O) groups excluding carboxylic acids is 1. The van der Waals surface area contributed by atoms with Gasteiger partial charge in [0.25, 0.3) is 0 Å². The van der Waals surface area contributed by atoms with E-state index in [0.29, 0.717) is 13.2 Å². The first-order chi connectivity index (χ1) is 6.20. The second-order valence-electron chi connectivity index (χ2n) is 3.10. The summed E-state index contributed by atoms with van der Waals surface area (Å²) in [5.74, 6) is -0.536. The zero-order valence-electron chi connectivity index (χ0n) is 7.69. The molecule has 1 saturated heterocycles. The number of nitrogens with two attached hydrogens (primary N) is 1. The topological polar surface area (TPSA) is 70.8 Å². The van der Waals surface area contributed by atoms with Crippen LogP contribution in [0.25, 0.3) is 0 Å². The van der Waals surface area contributed by atoms with Crippen molar-refractivity contribution in [3.8, 4) is 0 Å². The summed E-state index contributed by atoms with van der Waals surface area (Å²) in [4.78, 5) is 20.3. The van der Waals surface area contributed by atoms with Gasteiger partial charge in [0.2, 0.25) is 0 Å². The van der Waals surface area contributed by atoms with E-state index >= 15 is 0 Å². The van der Waals surface area contributed by atoms with E-state index < -0.39 is 12.0 Å². The fourth-order valence-corrected chi connectivity index (χ4v) is 0.964. The lowest BCUT2D eigenvalue weighted by molar-refractivity contribution is -0.307. The summed E-state index contributed by atoms with van der Waals surface area (Å²) in [7, 11) is 0. The maximum Gasteiger partial charge on any atom is 0.358 e. The van der Waals surface area contributed by atoms with Crippen LogP contribution in [-0.4, -0.2) is 31.3 Å². The average Bonchev–Trinajstić information content (AvgIpc) is 2.15. The second kappa shape index (κ2) is 5.16. The van der Waals surface area contributed by atoms with Crippen molar-refractivity contribution in [3.63, 3.8) is 0 Å². The molecule has 0 aromatic heterocycles. The zero-order chi connectivity index (χ0) is 9.68. The molecule has 5 nitrogen and oxygen atoms in total. The predicted molar refractivity (Wildman–Crippen MR) is 44.7 cm³/mol. The van der Waals surface area contributed by atoms with Gasteiger partial charge in [-0.2, -0.15) is 4.89 Å². The standard InChI is InChI=1S/C8H15NO4/c1-6(9)8(10)13-12-7-2-4-11-5-3-7/h6-7H,2-5,9H2,1H3/t6-/m0/s1. The molecule has 0 saturated carbocycles. The van der Waals surface area contributed by atoms with E-state index in [1.165, 1.54) is 0 Å². The van der Waals surface area contributed by atoms with Crippen LogP contribution in [0.3, 0.4) is 0 Å². The van der Waals surface area contributed by atoms with Crippen LogP contribution in [0, 0.1) is 0 Å². The highest BCUT2D eigenvalue weighted by Crippen LogP contribution is 2.10. The molecule has 0 radical (unpaired) electrons. The quantitative estimate of drug-likeness (QED) is 0.499. The van der Waals surface area contributed by atoms with Gasteiger partial charge in [0, 0.05) is 26.1 Å². The Hall–Kier alpha value is -0.650. The van der Waals surface area contributed by atoms with Crippen LogP contribution in [0.2, 0.25) is 0 Å². The minimum Gasteiger partial charge on any atom is -0.381 e. The average molecular weight is 189 g/mol. The zero-order valence-corrected chi connectivity index (χ0v) is 7.69. The van der Waals surface area contributed by atoms with Crippen LogP contribution in [0.15, 0.2) is 0 Å². The molecular formula is C8H15NO4. The Bertz CT molecular complexity index is 166. The van der Waals surface area contributed by atoms with Crippen molar-refractivity contribution in [1.29, 1.82) is 0 Å². The van der Waals surface area contributed by atoms with E-state index in [-0.39, 0.29) is 6.10 Å². The maximum atomic E-state index is 10.9.